The number of H-pyrrole nitrogens is 1. The number of benzene rings is 1. The van der Waals surface area contributed by atoms with E-state index in [2.05, 4.69) is 25.5 Å². The SMILES string of the molecule is COc1n[nH]c(-c2ccc(C(=O)N[C@@H](C)c3csc(C)n3)cc2)n1. The van der Waals surface area contributed by atoms with Gasteiger partial charge in [0.1, 0.15) is 0 Å². The van der Waals surface area contributed by atoms with Crippen molar-refractivity contribution in [2.45, 2.75) is 19.9 Å². The first kappa shape index (κ1) is 16.1. The maximum atomic E-state index is 12.3. The first-order valence-electron chi connectivity index (χ1n) is 7.36. The second-order valence-corrected chi connectivity index (χ2v) is 6.30. The first-order valence-corrected chi connectivity index (χ1v) is 8.24. The molecule has 0 fully saturated rings. The standard InChI is InChI=1S/C16H17N5O2S/c1-9(13-8-24-10(2)18-13)17-15(22)12-6-4-11(5-7-12)14-19-16(23-3)21-20-14/h4-9H,1-3H3,(H,17,22)(H,19,20,21)/t9-/m0/s1. The average molecular weight is 343 g/mol. The smallest absolute Gasteiger partial charge is 0.335 e. The molecule has 8 heteroatoms. The number of hydrogen-bond acceptors (Lipinski definition) is 6. The molecule has 0 saturated heterocycles. The molecule has 3 aromatic rings. The van der Waals surface area contributed by atoms with Gasteiger partial charge in [0, 0.05) is 16.5 Å². The number of ether oxygens (including phenoxy) is 1. The summed E-state index contributed by atoms with van der Waals surface area (Å²) in [6, 6.07) is 7.26. The van der Waals surface area contributed by atoms with E-state index in [-0.39, 0.29) is 18.0 Å². The minimum absolute atomic E-state index is 0.138. The lowest BCUT2D eigenvalue weighted by Gasteiger charge is -2.11. The fourth-order valence-corrected chi connectivity index (χ4v) is 2.89. The van der Waals surface area contributed by atoms with E-state index in [4.69, 9.17) is 4.74 Å². The van der Waals surface area contributed by atoms with Gasteiger partial charge in [-0.05, 0) is 26.0 Å². The third-order valence-electron chi connectivity index (χ3n) is 3.50. The molecule has 124 valence electrons. The molecule has 0 aliphatic heterocycles. The Hall–Kier alpha value is -2.74. The quantitative estimate of drug-likeness (QED) is 0.743. The zero-order valence-corrected chi connectivity index (χ0v) is 14.3. The summed E-state index contributed by atoms with van der Waals surface area (Å²) in [5, 5.41) is 12.6. The molecule has 0 aliphatic rings. The van der Waals surface area contributed by atoms with E-state index in [1.54, 1.807) is 23.5 Å². The van der Waals surface area contributed by atoms with Crippen molar-refractivity contribution in [1.29, 1.82) is 0 Å². The van der Waals surface area contributed by atoms with Gasteiger partial charge in [-0.1, -0.05) is 12.1 Å². The molecule has 0 unspecified atom stereocenters. The van der Waals surface area contributed by atoms with Gasteiger partial charge < -0.3 is 10.1 Å². The fourth-order valence-electron chi connectivity index (χ4n) is 2.18. The number of aromatic nitrogens is 4. The van der Waals surface area contributed by atoms with E-state index in [0.717, 1.165) is 16.3 Å². The van der Waals surface area contributed by atoms with E-state index in [1.165, 1.54) is 7.11 Å². The summed E-state index contributed by atoms with van der Waals surface area (Å²) in [6.45, 7) is 3.86. The Balaban J connectivity index is 1.69. The molecule has 1 aromatic carbocycles. The van der Waals surface area contributed by atoms with Crippen molar-refractivity contribution in [2.24, 2.45) is 0 Å². The van der Waals surface area contributed by atoms with Crippen molar-refractivity contribution in [3.63, 3.8) is 0 Å². The minimum Gasteiger partial charge on any atom is -0.466 e. The van der Waals surface area contributed by atoms with Crippen molar-refractivity contribution in [2.75, 3.05) is 7.11 Å². The first-order chi connectivity index (χ1) is 11.6. The second kappa shape index (κ2) is 6.79. The van der Waals surface area contributed by atoms with Crippen LogP contribution in [0.4, 0.5) is 0 Å². The summed E-state index contributed by atoms with van der Waals surface area (Å²) in [5.74, 6) is 0.444. The molecule has 0 aliphatic carbocycles. The zero-order valence-electron chi connectivity index (χ0n) is 13.5. The van der Waals surface area contributed by atoms with Crippen LogP contribution in [-0.4, -0.2) is 33.2 Å². The molecule has 0 radical (unpaired) electrons. The molecular formula is C16H17N5O2S. The molecule has 0 bridgehead atoms. The zero-order chi connectivity index (χ0) is 17.1. The van der Waals surface area contributed by atoms with Gasteiger partial charge in [-0.25, -0.2) is 4.98 Å². The van der Waals surface area contributed by atoms with Gasteiger partial charge in [0.25, 0.3) is 5.91 Å². The lowest BCUT2D eigenvalue weighted by molar-refractivity contribution is 0.0939. The molecule has 7 nitrogen and oxygen atoms in total. The van der Waals surface area contributed by atoms with Crippen molar-refractivity contribution in [3.8, 4) is 17.4 Å². The highest BCUT2D eigenvalue weighted by molar-refractivity contribution is 7.09. The summed E-state index contributed by atoms with van der Waals surface area (Å²) in [5.41, 5.74) is 2.27. The normalized spacial score (nSPS) is 12.0. The van der Waals surface area contributed by atoms with Crippen LogP contribution in [0.15, 0.2) is 29.6 Å². The molecule has 0 saturated carbocycles. The van der Waals surface area contributed by atoms with Gasteiger partial charge in [-0.3, -0.25) is 9.89 Å². The monoisotopic (exact) mass is 343 g/mol. The van der Waals surface area contributed by atoms with Crippen LogP contribution in [0, 0.1) is 6.92 Å². The predicted octanol–water partition coefficient (Wildman–Crippen LogP) is 2.74. The number of carbonyl (C=O) groups excluding carboxylic acids is 1. The summed E-state index contributed by atoms with van der Waals surface area (Å²) in [4.78, 5) is 20.9. The van der Waals surface area contributed by atoms with E-state index >= 15 is 0 Å². The largest absolute Gasteiger partial charge is 0.466 e. The number of rotatable bonds is 5. The molecule has 1 atom stereocenters. The number of thiazole rings is 1. The number of aromatic amines is 1. The molecule has 2 N–H and O–H groups in total. The third-order valence-corrected chi connectivity index (χ3v) is 4.29. The summed E-state index contributed by atoms with van der Waals surface area (Å²) >= 11 is 1.57. The Labute approximate surface area is 143 Å². The van der Waals surface area contributed by atoms with Crippen LogP contribution in [0.5, 0.6) is 6.01 Å². The highest BCUT2D eigenvalue weighted by Gasteiger charge is 2.14. The van der Waals surface area contributed by atoms with E-state index < -0.39 is 0 Å². The maximum Gasteiger partial charge on any atom is 0.335 e. The van der Waals surface area contributed by atoms with Crippen molar-refractivity contribution in [1.82, 2.24) is 25.5 Å². The van der Waals surface area contributed by atoms with Crippen LogP contribution in [0.1, 0.15) is 34.0 Å². The van der Waals surface area contributed by atoms with Gasteiger partial charge in [0.2, 0.25) is 0 Å². The lowest BCUT2D eigenvalue weighted by atomic mass is 10.1. The molecule has 3 rings (SSSR count). The topological polar surface area (TPSA) is 92.8 Å². The van der Waals surface area contributed by atoms with Crippen molar-refractivity contribution in [3.05, 3.63) is 45.9 Å². The third kappa shape index (κ3) is 3.43. The Morgan fingerprint density at radius 2 is 2.04 bits per heavy atom. The predicted molar refractivity (Wildman–Crippen MR) is 91.1 cm³/mol. The summed E-state index contributed by atoms with van der Waals surface area (Å²) in [6.07, 6.45) is 0. The minimum atomic E-state index is -0.144. The van der Waals surface area contributed by atoms with Crippen LogP contribution in [-0.2, 0) is 0 Å². The number of nitrogens with zero attached hydrogens (tertiary/aromatic N) is 3. The fraction of sp³-hybridized carbons (Fsp3) is 0.250. The lowest BCUT2D eigenvalue weighted by Crippen LogP contribution is -2.26. The van der Waals surface area contributed by atoms with Crippen LogP contribution in [0.25, 0.3) is 11.4 Å². The number of methoxy groups -OCH3 is 1. The van der Waals surface area contributed by atoms with E-state index in [9.17, 15) is 4.79 Å². The summed E-state index contributed by atoms with van der Waals surface area (Å²) in [7, 11) is 1.51. The van der Waals surface area contributed by atoms with Crippen molar-refractivity contribution >= 4 is 17.2 Å². The van der Waals surface area contributed by atoms with Gasteiger partial charge in [0.05, 0.1) is 23.9 Å². The molecule has 0 spiro atoms. The van der Waals surface area contributed by atoms with Crippen molar-refractivity contribution < 1.29 is 9.53 Å². The van der Waals surface area contributed by atoms with Crippen LogP contribution in [0.3, 0.4) is 0 Å². The number of amides is 1. The Morgan fingerprint density at radius 1 is 1.29 bits per heavy atom. The van der Waals surface area contributed by atoms with Gasteiger partial charge >= 0.3 is 6.01 Å². The molecule has 2 aromatic heterocycles. The molecule has 1 amide bonds. The Bertz CT molecular complexity index is 840. The average Bonchev–Trinajstić information content (AvgIpc) is 3.23. The van der Waals surface area contributed by atoms with E-state index in [0.29, 0.717) is 11.4 Å². The highest BCUT2D eigenvalue weighted by atomic mass is 32.1. The number of hydrogen-bond donors (Lipinski definition) is 2. The highest BCUT2D eigenvalue weighted by Crippen LogP contribution is 2.19. The van der Waals surface area contributed by atoms with Gasteiger partial charge in [-0.15, -0.1) is 16.4 Å². The number of aryl methyl sites for hydroxylation is 1. The van der Waals surface area contributed by atoms with Gasteiger partial charge in [-0.2, -0.15) is 4.98 Å². The second-order valence-electron chi connectivity index (χ2n) is 5.23. The number of nitrogens with one attached hydrogen (secondary N) is 2. The number of carbonyl (C=O) groups is 1. The van der Waals surface area contributed by atoms with Gasteiger partial charge in [0.15, 0.2) is 5.82 Å². The maximum absolute atomic E-state index is 12.3. The van der Waals surface area contributed by atoms with Crippen LogP contribution >= 0.6 is 11.3 Å². The molecular weight excluding hydrogens is 326 g/mol. The van der Waals surface area contributed by atoms with Crippen LogP contribution < -0.4 is 10.1 Å². The Morgan fingerprint density at radius 3 is 2.62 bits per heavy atom. The molecule has 2 heterocycles. The molecule has 24 heavy (non-hydrogen) atoms. The van der Waals surface area contributed by atoms with E-state index in [1.807, 2.05) is 31.4 Å². The Kier molecular flexibility index (Phi) is 4.57. The van der Waals surface area contributed by atoms with Crippen LogP contribution in [0.2, 0.25) is 0 Å². The summed E-state index contributed by atoms with van der Waals surface area (Å²) < 4.78 is 4.94.